The summed E-state index contributed by atoms with van der Waals surface area (Å²) in [6.07, 6.45) is 2.83. The van der Waals surface area contributed by atoms with Crippen LogP contribution in [0.3, 0.4) is 0 Å². The summed E-state index contributed by atoms with van der Waals surface area (Å²) in [6, 6.07) is 20.7. The first-order valence-corrected chi connectivity index (χ1v) is 10.2. The van der Waals surface area contributed by atoms with E-state index in [0.29, 0.717) is 5.69 Å². The van der Waals surface area contributed by atoms with E-state index in [0.717, 1.165) is 11.1 Å². The Kier molecular flexibility index (Phi) is 5.87. The van der Waals surface area contributed by atoms with Gasteiger partial charge in [0.05, 0.1) is 16.1 Å². The number of ketones is 1. The first kappa shape index (κ1) is 21.7. The number of nitro groups is 1. The molecule has 0 saturated heterocycles. The van der Waals surface area contributed by atoms with Crippen LogP contribution in [0.4, 0.5) is 11.4 Å². The van der Waals surface area contributed by atoms with Gasteiger partial charge in [0, 0.05) is 11.8 Å². The molecule has 0 saturated carbocycles. The van der Waals surface area contributed by atoms with Gasteiger partial charge in [-0.25, -0.2) is 0 Å². The monoisotopic (exact) mass is 440 g/mol. The van der Waals surface area contributed by atoms with E-state index in [1.165, 1.54) is 29.2 Å². The number of amides is 1. The topological polar surface area (TPSA) is 101 Å². The largest absolute Gasteiger partial charge is 0.503 e. The summed E-state index contributed by atoms with van der Waals surface area (Å²) in [4.78, 5) is 38.7. The normalized spacial score (nSPS) is 16.0. The highest BCUT2D eigenvalue weighted by Crippen LogP contribution is 2.43. The zero-order chi connectivity index (χ0) is 23.5. The minimum atomic E-state index is -1.16. The number of rotatable bonds is 6. The molecule has 7 nitrogen and oxygen atoms in total. The fourth-order valence-corrected chi connectivity index (χ4v) is 3.83. The number of hydrogen-bond acceptors (Lipinski definition) is 5. The number of benzene rings is 3. The second-order valence-corrected chi connectivity index (χ2v) is 7.60. The Labute approximate surface area is 190 Å². The van der Waals surface area contributed by atoms with Crippen LogP contribution < -0.4 is 4.90 Å². The SMILES string of the molecule is Cc1ccc(N2C(=O)C(O)=C(C(=O)C=Cc3ccccc3)C2c2ccccc2[N+](=O)[O-])cc1. The molecule has 4 rings (SSSR count). The first-order chi connectivity index (χ1) is 15.9. The first-order valence-electron chi connectivity index (χ1n) is 10.2. The summed E-state index contributed by atoms with van der Waals surface area (Å²) in [5.41, 5.74) is 1.80. The smallest absolute Gasteiger partial charge is 0.294 e. The summed E-state index contributed by atoms with van der Waals surface area (Å²) in [5, 5.41) is 22.5. The second kappa shape index (κ2) is 8.92. The lowest BCUT2D eigenvalue weighted by atomic mass is 9.94. The van der Waals surface area contributed by atoms with E-state index in [1.54, 1.807) is 48.5 Å². The van der Waals surface area contributed by atoms with E-state index < -0.39 is 28.4 Å². The molecule has 1 unspecified atom stereocenters. The van der Waals surface area contributed by atoms with Crippen LogP contribution in [0.15, 0.2) is 96.3 Å². The summed E-state index contributed by atoms with van der Waals surface area (Å²) in [5.74, 6) is -2.12. The number of nitrogens with zero attached hydrogens (tertiary/aromatic N) is 2. The Balaban J connectivity index is 1.85. The van der Waals surface area contributed by atoms with Gasteiger partial charge in [0.2, 0.25) is 0 Å². The fraction of sp³-hybridized carbons (Fsp3) is 0.0769. The average Bonchev–Trinajstić information content (AvgIpc) is 3.09. The van der Waals surface area contributed by atoms with E-state index in [-0.39, 0.29) is 16.8 Å². The van der Waals surface area contributed by atoms with Gasteiger partial charge in [-0.05, 0) is 36.8 Å². The molecule has 7 heteroatoms. The van der Waals surface area contributed by atoms with Crippen molar-refractivity contribution in [2.24, 2.45) is 0 Å². The van der Waals surface area contributed by atoms with E-state index in [2.05, 4.69) is 0 Å². The number of para-hydroxylation sites is 1. The highest BCUT2D eigenvalue weighted by Gasteiger charge is 2.46. The average molecular weight is 440 g/mol. The van der Waals surface area contributed by atoms with Gasteiger partial charge in [-0.3, -0.25) is 24.6 Å². The van der Waals surface area contributed by atoms with Gasteiger partial charge in [-0.1, -0.05) is 66.2 Å². The van der Waals surface area contributed by atoms with Gasteiger partial charge < -0.3 is 5.11 Å². The molecule has 3 aromatic rings. The van der Waals surface area contributed by atoms with Crippen LogP contribution in [-0.4, -0.2) is 21.7 Å². The summed E-state index contributed by atoms with van der Waals surface area (Å²) < 4.78 is 0. The molecule has 1 aliphatic heterocycles. The van der Waals surface area contributed by atoms with Crippen LogP contribution >= 0.6 is 0 Å². The lowest BCUT2D eigenvalue weighted by Crippen LogP contribution is -2.31. The maximum atomic E-state index is 13.2. The zero-order valence-electron chi connectivity index (χ0n) is 17.7. The molecule has 164 valence electrons. The number of hydrogen-bond donors (Lipinski definition) is 1. The van der Waals surface area contributed by atoms with Crippen molar-refractivity contribution in [1.82, 2.24) is 0 Å². The van der Waals surface area contributed by atoms with Crippen molar-refractivity contribution in [2.75, 3.05) is 4.90 Å². The van der Waals surface area contributed by atoms with Crippen molar-refractivity contribution >= 4 is 29.1 Å². The van der Waals surface area contributed by atoms with Crippen LogP contribution in [0.1, 0.15) is 22.7 Å². The second-order valence-electron chi connectivity index (χ2n) is 7.60. The molecule has 0 radical (unpaired) electrons. The number of aryl methyl sites for hydroxylation is 1. The molecule has 3 aromatic carbocycles. The van der Waals surface area contributed by atoms with Crippen molar-refractivity contribution in [1.29, 1.82) is 0 Å². The molecule has 33 heavy (non-hydrogen) atoms. The Morgan fingerprint density at radius 3 is 2.30 bits per heavy atom. The lowest BCUT2D eigenvalue weighted by molar-refractivity contribution is -0.385. The van der Waals surface area contributed by atoms with Crippen LogP contribution in [0, 0.1) is 17.0 Å². The number of carbonyl (C=O) groups excluding carboxylic acids is 2. The molecule has 1 heterocycles. The van der Waals surface area contributed by atoms with E-state index >= 15 is 0 Å². The van der Waals surface area contributed by atoms with E-state index in [4.69, 9.17) is 0 Å². The van der Waals surface area contributed by atoms with Crippen LogP contribution in [0.5, 0.6) is 0 Å². The number of aliphatic hydroxyl groups is 1. The van der Waals surface area contributed by atoms with Gasteiger partial charge in [-0.15, -0.1) is 0 Å². The maximum Gasteiger partial charge on any atom is 0.294 e. The van der Waals surface area contributed by atoms with E-state index in [1.807, 2.05) is 25.1 Å². The number of allylic oxidation sites excluding steroid dienone is 1. The van der Waals surface area contributed by atoms with Gasteiger partial charge in [0.1, 0.15) is 6.04 Å². The lowest BCUT2D eigenvalue weighted by Gasteiger charge is -2.26. The summed E-state index contributed by atoms with van der Waals surface area (Å²) in [6.45, 7) is 1.88. The molecule has 0 fully saturated rings. The molecule has 1 N–H and O–H groups in total. The van der Waals surface area contributed by atoms with Crippen LogP contribution in [-0.2, 0) is 9.59 Å². The highest BCUT2D eigenvalue weighted by molar-refractivity contribution is 6.20. The van der Waals surface area contributed by atoms with Gasteiger partial charge in [-0.2, -0.15) is 0 Å². The van der Waals surface area contributed by atoms with E-state index in [9.17, 15) is 24.8 Å². The Morgan fingerprint density at radius 1 is 1.00 bits per heavy atom. The van der Waals surface area contributed by atoms with Crippen LogP contribution in [0.25, 0.3) is 6.08 Å². The van der Waals surface area contributed by atoms with Crippen molar-refractivity contribution in [2.45, 2.75) is 13.0 Å². The predicted octanol–water partition coefficient (Wildman–Crippen LogP) is 5.09. The Morgan fingerprint density at radius 2 is 1.64 bits per heavy atom. The van der Waals surface area contributed by atoms with Crippen molar-refractivity contribution in [3.05, 3.63) is 123 Å². The molecule has 0 aromatic heterocycles. The summed E-state index contributed by atoms with van der Waals surface area (Å²) in [7, 11) is 0. The molecular weight excluding hydrogens is 420 g/mol. The maximum absolute atomic E-state index is 13.2. The molecule has 1 amide bonds. The van der Waals surface area contributed by atoms with Crippen molar-refractivity contribution in [3.8, 4) is 0 Å². The fourth-order valence-electron chi connectivity index (χ4n) is 3.83. The molecule has 0 spiro atoms. The zero-order valence-corrected chi connectivity index (χ0v) is 17.7. The van der Waals surface area contributed by atoms with Crippen molar-refractivity contribution < 1.29 is 19.6 Å². The summed E-state index contributed by atoms with van der Waals surface area (Å²) >= 11 is 0. The van der Waals surface area contributed by atoms with Crippen molar-refractivity contribution in [3.63, 3.8) is 0 Å². The van der Waals surface area contributed by atoms with Gasteiger partial charge in [0.15, 0.2) is 11.5 Å². The van der Waals surface area contributed by atoms with Crippen LogP contribution in [0.2, 0.25) is 0 Å². The third-order valence-electron chi connectivity index (χ3n) is 5.44. The molecule has 1 aliphatic rings. The molecule has 0 aliphatic carbocycles. The quantitative estimate of drug-likeness (QED) is 0.327. The number of nitro benzene ring substituents is 1. The molecular formula is C26H20N2O5. The Hall–Kier alpha value is -4.52. The molecule has 0 bridgehead atoms. The number of carbonyl (C=O) groups is 2. The Bertz CT molecular complexity index is 1290. The third kappa shape index (κ3) is 4.16. The third-order valence-corrected chi connectivity index (χ3v) is 5.44. The highest BCUT2D eigenvalue weighted by atomic mass is 16.6. The van der Waals surface area contributed by atoms with Gasteiger partial charge in [0.25, 0.3) is 11.6 Å². The minimum Gasteiger partial charge on any atom is -0.503 e. The predicted molar refractivity (Wildman–Crippen MR) is 125 cm³/mol. The minimum absolute atomic E-state index is 0.136. The number of aliphatic hydroxyl groups excluding tert-OH is 1. The van der Waals surface area contributed by atoms with Gasteiger partial charge >= 0.3 is 0 Å². The number of anilines is 1. The molecule has 1 atom stereocenters. The standard InChI is InChI=1S/C26H20N2O5/c1-17-11-14-19(15-12-17)27-24(20-9-5-6-10-21(20)28(32)33)23(25(30)26(27)31)22(29)16-13-18-7-3-2-4-8-18/h2-16,24,30H,1H3.